The number of fused-ring (bicyclic) bond motifs is 1. The van der Waals surface area contributed by atoms with Gasteiger partial charge in [0.05, 0.1) is 11.6 Å². The molecule has 1 aromatic carbocycles. The summed E-state index contributed by atoms with van der Waals surface area (Å²) in [5.41, 5.74) is 4.91. The number of hydrogen-bond acceptors (Lipinski definition) is 1. The van der Waals surface area contributed by atoms with Crippen LogP contribution >= 0.6 is 0 Å². The van der Waals surface area contributed by atoms with Gasteiger partial charge in [-0.1, -0.05) is 19.9 Å². The summed E-state index contributed by atoms with van der Waals surface area (Å²) in [5.74, 6) is 1.33. The molecular formula is C13H15N. The minimum absolute atomic E-state index is 0.610. The highest BCUT2D eigenvalue weighted by Gasteiger charge is 2.27. The summed E-state index contributed by atoms with van der Waals surface area (Å²) in [7, 11) is 0. The molecule has 1 nitrogen and oxygen atoms in total. The first kappa shape index (κ1) is 9.27. The van der Waals surface area contributed by atoms with E-state index in [0.717, 1.165) is 11.5 Å². The number of benzene rings is 1. The van der Waals surface area contributed by atoms with E-state index in [0.29, 0.717) is 5.92 Å². The van der Waals surface area contributed by atoms with Gasteiger partial charge in [0.1, 0.15) is 0 Å². The van der Waals surface area contributed by atoms with Crippen LogP contribution in [0, 0.1) is 24.2 Å². The molecule has 0 heterocycles. The molecule has 0 saturated heterocycles. The van der Waals surface area contributed by atoms with Crippen LogP contribution in [0.15, 0.2) is 12.1 Å². The van der Waals surface area contributed by atoms with Gasteiger partial charge < -0.3 is 0 Å². The Morgan fingerprint density at radius 2 is 2.07 bits per heavy atom. The highest BCUT2D eigenvalue weighted by molar-refractivity contribution is 5.50. The van der Waals surface area contributed by atoms with Gasteiger partial charge in [0, 0.05) is 0 Å². The second kappa shape index (κ2) is 3.13. The van der Waals surface area contributed by atoms with Crippen LogP contribution in [0.1, 0.15) is 42.0 Å². The SMILES string of the molecule is Cc1c(C#N)ccc2c1[C@@H](C)[C@@H](C)C2. The first-order valence-corrected chi connectivity index (χ1v) is 5.17. The maximum Gasteiger partial charge on any atom is 0.0994 e. The van der Waals surface area contributed by atoms with Gasteiger partial charge in [-0.2, -0.15) is 5.26 Å². The zero-order valence-corrected chi connectivity index (χ0v) is 8.96. The van der Waals surface area contributed by atoms with Crippen LogP contribution < -0.4 is 0 Å². The topological polar surface area (TPSA) is 23.8 Å². The molecule has 2 rings (SSSR count). The Labute approximate surface area is 85.4 Å². The lowest BCUT2D eigenvalue weighted by Gasteiger charge is -2.12. The monoisotopic (exact) mass is 185 g/mol. The zero-order chi connectivity index (χ0) is 10.3. The third-order valence-electron chi connectivity index (χ3n) is 3.58. The molecule has 0 fully saturated rings. The molecule has 1 aliphatic carbocycles. The van der Waals surface area contributed by atoms with Crippen LogP contribution in [0.2, 0.25) is 0 Å². The molecule has 0 saturated carbocycles. The van der Waals surface area contributed by atoms with Crippen molar-refractivity contribution >= 4 is 0 Å². The number of rotatable bonds is 0. The van der Waals surface area contributed by atoms with Gasteiger partial charge in [-0.25, -0.2) is 0 Å². The van der Waals surface area contributed by atoms with E-state index in [4.69, 9.17) is 5.26 Å². The summed E-state index contributed by atoms with van der Waals surface area (Å²) in [4.78, 5) is 0. The number of nitrogens with zero attached hydrogens (tertiary/aromatic N) is 1. The molecule has 72 valence electrons. The standard InChI is InChI=1S/C13H15N/c1-8-6-11-4-5-12(7-14)10(3)13(11)9(8)2/h4-5,8-9H,6H2,1-3H3/t8-,9-/m0/s1. The lowest BCUT2D eigenvalue weighted by molar-refractivity contribution is 0.531. The molecule has 0 aliphatic heterocycles. The van der Waals surface area contributed by atoms with Gasteiger partial charge in [0.15, 0.2) is 0 Å². The van der Waals surface area contributed by atoms with Crippen molar-refractivity contribution in [1.82, 2.24) is 0 Å². The Bertz CT molecular complexity index is 412. The largest absolute Gasteiger partial charge is 0.192 e. The predicted molar refractivity (Wildman–Crippen MR) is 57.2 cm³/mol. The maximum absolute atomic E-state index is 8.95. The average Bonchev–Trinajstić information content (AvgIpc) is 2.44. The van der Waals surface area contributed by atoms with Gasteiger partial charge in [-0.05, 0) is 47.9 Å². The summed E-state index contributed by atoms with van der Waals surface area (Å²) in [5, 5.41) is 8.95. The van der Waals surface area contributed by atoms with Crippen LogP contribution in [0.4, 0.5) is 0 Å². The Morgan fingerprint density at radius 1 is 1.36 bits per heavy atom. The molecule has 1 aliphatic rings. The van der Waals surface area contributed by atoms with Crippen LogP contribution in [-0.2, 0) is 6.42 Å². The molecule has 0 amide bonds. The lowest BCUT2D eigenvalue weighted by atomic mass is 9.91. The molecule has 1 aromatic rings. The van der Waals surface area contributed by atoms with Gasteiger partial charge in [-0.15, -0.1) is 0 Å². The summed E-state index contributed by atoms with van der Waals surface area (Å²) >= 11 is 0. The molecule has 14 heavy (non-hydrogen) atoms. The summed E-state index contributed by atoms with van der Waals surface area (Å²) in [6.07, 6.45) is 1.17. The maximum atomic E-state index is 8.95. The second-order valence-corrected chi connectivity index (χ2v) is 4.39. The molecule has 0 bridgehead atoms. The fraction of sp³-hybridized carbons (Fsp3) is 0.462. The first-order chi connectivity index (χ1) is 6.65. The average molecular weight is 185 g/mol. The van der Waals surface area contributed by atoms with Crippen molar-refractivity contribution in [3.05, 3.63) is 34.4 Å². The normalized spacial score (nSPS) is 24.4. The van der Waals surface area contributed by atoms with E-state index in [1.807, 2.05) is 6.07 Å². The zero-order valence-electron chi connectivity index (χ0n) is 8.96. The molecule has 0 unspecified atom stereocenters. The minimum Gasteiger partial charge on any atom is -0.192 e. The molecule has 0 N–H and O–H groups in total. The fourth-order valence-corrected chi connectivity index (χ4v) is 2.53. The van der Waals surface area contributed by atoms with Crippen molar-refractivity contribution in [3.63, 3.8) is 0 Å². The highest BCUT2D eigenvalue weighted by Crippen LogP contribution is 2.39. The summed E-state index contributed by atoms with van der Waals surface area (Å²) < 4.78 is 0. The minimum atomic E-state index is 0.610. The van der Waals surface area contributed by atoms with Crippen LogP contribution in [0.3, 0.4) is 0 Å². The highest BCUT2D eigenvalue weighted by atomic mass is 14.3. The van der Waals surface area contributed by atoms with Crippen molar-refractivity contribution < 1.29 is 0 Å². The van der Waals surface area contributed by atoms with E-state index < -0.39 is 0 Å². The van der Waals surface area contributed by atoms with E-state index >= 15 is 0 Å². The van der Waals surface area contributed by atoms with E-state index in [1.165, 1.54) is 23.1 Å². The summed E-state index contributed by atoms with van der Waals surface area (Å²) in [6.45, 7) is 6.63. The van der Waals surface area contributed by atoms with E-state index in [9.17, 15) is 0 Å². The Hall–Kier alpha value is -1.29. The van der Waals surface area contributed by atoms with Crippen molar-refractivity contribution in [2.24, 2.45) is 5.92 Å². The van der Waals surface area contributed by atoms with Crippen molar-refractivity contribution in [2.45, 2.75) is 33.1 Å². The Morgan fingerprint density at radius 3 is 2.71 bits per heavy atom. The third-order valence-corrected chi connectivity index (χ3v) is 3.58. The van der Waals surface area contributed by atoms with E-state index in [2.05, 4.69) is 32.9 Å². The first-order valence-electron chi connectivity index (χ1n) is 5.17. The molecule has 1 heteroatoms. The van der Waals surface area contributed by atoms with E-state index in [1.54, 1.807) is 0 Å². The van der Waals surface area contributed by atoms with Crippen LogP contribution in [-0.4, -0.2) is 0 Å². The van der Waals surface area contributed by atoms with Gasteiger partial charge >= 0.3 is 0 Å². The predicted octanol–water partition coefficient (Wildman–Crippen LogP) is 3.16. The molecule has 0 aromatic heterocycles. The molecular weight excluding hydrogens is 170 g/mol. The van der Waals surface area contributed by atoms with Gasteiger partial charge in [0.2, 0.25) is 0 Å². The quantitative estimate of drug-likeness (QED) is 0.609. The Kier molecular flexibility index (Phi) is 2.07. The Balaban J connectivity index is 2.62. The van der Waals surface area contributed by atoms with E-state index in [-0.39, 0.29) is 0 Å². The second-order valence-electron chi connectivity index (χ2n) is 4.39. The van der Waals surface area contributed by atoms with Gasteiger partial charge in [0.25, 0.3) is 0 Å². The fourth-order valence-electron chi connectivity index (χ4n) is 2.53. The molecule has 2 atom stereocenters. The molecule has 0 spiro atoms. The number of nitriles is 1. The van der Waals surface area contributed by atoms with Crippen molar-refractivity contribution in [2.75, 3.05) is 0 Å². The third kappa shape index (κ3) is 1.14. The van der Waals surface area contributed by atoms with Gasteiger partial charge in [-0.3, -0.25) is 0 Å². The lowest BCUT2D eigenvalue weighted by Crippen LogP contribution is -2.00. The smallest absolute Gasteiger partial charge is 0.0994 e. The molecule has 0 radical (unpaired) electrons. The summed E-state index contributed by atoms with van der Waals surface area (Å²) in [6, 6.07) is 6.34. The van der Waals surface area contributed by atoms with Crippen LogP contribution in [0.5, 0.6) is 0 Å². The van der Waals surface area contributed by atoms with Crippen molar-refractivity contribution in [1.29, 1.82) is 5.26 Å². The van der Waals surface area contributed by atoms with Crippen LogP contribution in [0.25, 0.3) is 0 Å². The van der Waals surface area contributed by atoms with Crippen molar-refractivity contribution in [3.8, 4) is 6.07 Å². The number of hydrogen-bond donors (Lipinski definition) is 0.